The number of guanidine groups is 1. The van der Waals surface area contributed by atoms with E-state index in [9.17, 15) is 0 Å². The highest BCUT2D eigenvalue weighted by molar-refractivity contribution is 5.94. The maximum absolute atomic E-state index is 5.92. The number of rotatable bonds is 2. The average molecular weight is 293 g/mol. The van der Waals surface area contributed by atoms with Gasteiger partial charge in [0.2, 0.25) is 5.95 Å². The summed E-state index contributed by atoms with van der Waals surface area (Å²) in [4.78, 5) is 9.12. The highest BCUT2D eigenvalue weighted by Crippen LogP contribution is 2.33. The second-order valence-corrected chi connectivity index (χ2v) is 5.08. The van der Waals surface area contributed by atoms with Crippen LogP contribution in [0.4, 0.5) is 5.95 Å². The van der Waals surface area contributed by atoms with Crippen molar-refractivity contribution >= 4 is 22.9 Å². The van der Waals surface area contributed by atoms with Crippen LogP contribution in [0.2, 0.25) is 0 Å². The van der Waals surface area contributed by atoms with Gasteiger partial charge in [-0.15, -0.1) is 0 Å². The fourth-order valence-corrected chi connectivity index (χ4v) is 2.74. The number of methoxy groups -OCH3 is 1. The van der Waals surface area contributed by atoms with E-state index in [2.05, 4.69) is 15.3 Å². The van der Waals surface area contributed by atoms with Crippen LogP contribution < -0.4 is 15.8 Å². The number of aromatic nitrogens is 2. The van der Waals surface area contributed by atoms with E-state index < -0.39 is 0 Å². The second kappa shape index (κ2) is 4.77. The van der Waals surface area contributed by atoms with Crippen LogP contribution in [-0.2, 0) is 0 Å². The zero-order valence-electron chi connectivity index (χ0n) is 12.0. The van der Waals surface area contributed by atoms with Crippen molar-refractivity contribution < 1.29 is 4.74 Å². The predicted octanol–water partition coefficient (Wildman–Crippen LogP) is 2.33. The number of nitrogens with zero attached hydrogens (tertiary/aromatic N) is 3. The third-order valence-electron chi connectivity index (χ3n) is 3.73. The molecular weight excluding hydrogens is 278 g/mol. The first kappa shape index (κ1) is 12.7. The fraction of sp³-hybridized carbons (Fsp3) is 0.125. The molecule has 0 spiro atoms. The molecule has 0 aliphatic carbocycles. The monoisotopic (exact) mass is 293 g/mol. The third-order valence-corrected chi connectivity index (χ3v) is 3.73. The van der Waals surface area contributed by atoms with Gasteiger partial charge in [0, 0.05) is 5.56 Å². The van der Waals surface area contributed by atoms with E-state index in [4.69, 9.17) is 10.5 Å². The summed E-state index contributed by atoms with van der Waals surface area (Å²) in [5.74, 6) is 1.84. The Labute approximate surface area is 127 Å². The normalized spacial score (nSPS) is 16.8. The molecule has 22 heavy (non-hydrogen) atoms. The van der Waals surface area contributed by atoms with Crippen LogP contribution in [0.5, 0.6) is 5.75 Å². The topological polar surface area (TPSA) is 77.5 Å². The molecule has 110 valence electrons. The summed E-state index contributed by atoms with van der Waals surface area (Å²) in [7, 11) is 1.65. The number of imidazole rings is 1. The van der Waals surface area contributed by atoms with Crippen molar-refractivity contribution in [3.8, 4) is 5.75 Å². The van der Waals surface area contributed by atoms with E-state index in [0.29, 0.717) is 11.9 Å². The number of benzene rings is 2. The summed E-state index contributed by atoms with van der Waals surface area (Å²) >= 11 is 0. The Balaban J connectivity index is 1.94. The molecule has 0 radical (unpaired) electrons. The van der Waals surface area contributed by atoms with Gasteiger partial charge in [-0.1, -0.05) is 24.3 Å². The number of fused-ring (bicyclic) bond motifs is 3. The van der Waals surface area contributed by atoms with Gasteiger partial charge in [0.15, 0.2) is 12.1 Å². The fourth-order valence-electron chi connectivity index (χ4n) is 2.74. The molecule has 0 saturated heterocycles. The molecule has 3 aromatic rings. The van der Waals surface area contributed by atoms with Gasteiger partial charge in [-0.05, 0) is 24.3 Å². The van der Waals surface area contributed by atoms with Gasteiger partial charge < -0.3 is 10.5 Å². The van der Waals surface area contributed by atoms with Gasteiger partial charge in [0.05, 0.1) is 18.1 Å². The van der Waals surface area contributed by atoms with Gasteiger partial charge in [0.25, 0.3) is 0 Å². The molecule has 1 aliphatic rings. The van der Waals surface area contributed by atoms with Gasteiger partial charge in [0.1, 0.15) is 5.75 Å². The van der Waals surface area contributed by atoms with Crippen LogP contribution in [0.25, 0.3) is 11.0 Å². The lowest BCUT2D eigenvalue weighted by atomic mass is 10.1. The number of anilines is 1. The molecular formula is C16H15N5O. The first-order chi connectivity index (χ1) is 10.8. The van der Waals surface area contributed by atoms with Crippen molar-refractivity contribution in [2.24, 2.45) is 10.7 Å². The van der Waals surface area contributed by atoms with Crippen molar-refractivity contribution in [3.63, 3.8) is 0 Å². The molecule has 1 aliphatic heterocycles. The smallest absolute Gasteiger partial charge is 0.212 e. The number of ether oxygens (including phenoxy) is 1. The van der Waals surface area contributed by atoms with E-state index in [0.717, 1.165) is 22.3 Å². The summed E-state index contributed by atoms with van der Waals surface area (Å²) in [6.07, 6.45) is -0.265. The highest BCUT2D eigenvalue weighted by atomic mass is 16.5. The molecule has 3 N–H and O–H groups in total. The minimum atomic E-state index is -0.265. The first-order valence-corrected chi connectivity index (χ1v) is 6.97. The Bertz CT molecular complexity index is 883. The summed E-state index contributed by atoms with van der Waals surface area (Å²) in [6, 6.07) is 15.8. The Morgan fingerprint density at radius 1 is 1.18 bits per heavy atom. The standard InChI is InChI=1S/C16H15N5O/c1-22-11-6-4-5-10(9-11)14-19-15(17)20-16-18-12-7-2-3-8-13(12)21(14)16/h2-9,14H,1H3,(H3,17,18,19,20)/t14-/m0/s1. The zero-order chi connectivity index (χ0) is 15.1. The molecule has 6 heteroatoms. The van der Waals surface area contributed by atoms with Gasteiger partial charge in [-0.25, -0.2) is 9.98 Å². The largest absolute Gasteiger partial charge is 0.497 e. The van der Waals surface area contributed by atoms with Crippen LogP contribution in [0.3, 0.4) is 0 Å². The van der Waals surface area contributed by atoms with Crippen molar-refractivity contribution in [1.29, 1.82) is 0 Å². The maximum atomic E-state index is 5.92. The summed E-state index contributed by atoms with van der Waals surface area (Å²) in [5, 5.41) is 3.03. The summed E-state index contributed by atoms with van der Waals surface area (Å²) < 4.78 is 7.35. The Morgan fingerprint density at radius 2 is 2.05 bits per heavy atom. The van der Waals surface area contributed by atoms with Crippen molar-refractivity contribution in [2.45, 2.75) is 6.17 Å². The highest BCUT2D eigenvalue weighted by Gasteiger charge is 2.25. The van der Waals surface area contributed by atoms with Crippen LogP contribution >= 0.6 is 0 Å². The molecule has 1 aromatic heterocycles. The number of nitrogens with one attached hydrogen (secondary N) is 1. The molecule has 2 heterocycles. The van der Waals surface area contributed by atoms with Crippen LogP contribution in [0.1, 0.15) is 11.7 Å². The van der Waals surface area contributed by atoms with E-state index in [-0.39, 0.29) is 6.17 Å². The Morgan fingerprint density at radius 3 is 2.91 bits per heavy atom. The average Bonchev–Trinajstić information content (AvgIpc) is 2.92. The Kier molecular flexibility index (Phi) is 2.75. The first-order valence-electron chi connectivity index (χ1n) is 6.97. The van der Waals surface area contributed by atoms with Gasteiger partial charge in [-0.3, -0.25) is 9.88 Å². The SMILES string of the molecule is COc1cccc([C@H]2N=C(N)Nc3nc4ccccc4n32)c1. The minimum Gasteiger partial charge on any atom is -0.497 e. The van der Waals surface area contributed by atoms with E-state index in [1.54, 1.807) is 7.11 Å². The number of nitrogens with two attached hydrogens (primary N) is 1. The number of aliphatic imine (C=N–C) groups is 1. The maximum Gasteiger partial charge on any atom is 0.212 e. The lowest BCUT2D eigenvalue weighted by Gasteiger charge is -2.24. The van der Waals surface area contributed by atoms with Crippen molar-refractivity contribution in [3.05, 3.63) is 54.1 Å². The van der Waals surface area contributed by atoms with Crippen molar-refractivity contribution in [2.75, 3.05) is 12.4 Å². The quantitative estimate of drug-likeness (QED) is 0.760. The molecule has 6 nitrogen and oxygen atoms in total. The Hall–Kier alpha value is -3.02. The molecule has 4 rings (SSSR count). The molecule has 0 unspecified atom stereocenters. The number of hydrogen-bond donors (Lipinski definition) is 2. The second-order valence-electron chi connectivity index (χ2n) is 5.08. The molecule has 0 fully saturated rings. The van der Waals surface area contributed by atoms with E-state index in [1.807, 2.05) is 53.1 Å². The van der Waals surface area contributed by atoms with Crippen LogP contribution in [0, 0.1) is 0 Å². The molecule has 0 saturated carbocycles. The van der Waals surface area contributed by atoms with E-state index >= 15 is 0 Å². The predicted molar refractivity (Wildman–Crippen MR) is 86.1 cm³/mol. The van der Waals surface area contributed by atoms with Crippen LogP contribution in [0.15, 0.2) is 53.5 Å². The van der Waals surface area contributed by atoms with Gasteiger partial charge in [-0.2, -0.15) is 0 Å². The number of hydrogen-bond acceptors (Lipinski definition) is 5. The molecule has 2 aromatic carbocycles. The van der Waals surface area contributed by atoms with Crippen LogP contribution in [-0.4, -0.2) is 22.6 Å². The molecule has 0 amide bonds. The van der Waals surface area contributed by atoms with Gasteiger partial charge >= 0.3 is 0 Å². The lowest BCUT2D eigenvalue weighted by Crippen LogP contribution is -2.31. The lowest BCUT2D eigenvalue weighted by molar-refractivity contribution is 0.413. The van der Waals surface area contributed by atoms with Crippen molar-refractivity contribution in [1.82, 2.24) is 9.55 Å². The summed E-state index contributed by atoms with van der Waals surface area (Å²) in [5.41, 5.74) is 8.83. The molecule has 1 atom stereocenters. The third kappa shape index (κ3) is 1.88. The summed E-state index contributed by atoms with van der Waals surface area (Å²) in [6.45, 7) is 0. The zero-order valence-corrected chi connectivity index (χ0v) is 12.0. The number of para-hydroxylation sites is 2. The minimum absolute atomic E-state index is 0.265. The molecule has 0 bridgehead atoms. The van der Waals surface area contributed by atoms with E-state index in [1.165, 1.54) is 0 Å².